The van der Waals surface area contributed by atoms with Crippen LogP contribution in [0.5, 0.6) is 5.75 Å². The van der Waals surface area contributed by atoms with Crippen LogP contribution < -0.4 is 10.2 Å². The van der Waals surface area contributed by atoms with Crippen LogP contribution in [0.2, 0.25) is 0 Å². The Hall–Kier alpha value is -3.23. The number of hydrogen-bond donors (Lipinski definition) is 0. The summed E-state index contributed by atoms with van der Waals surface area (Å²) in [6.45, 7) is 6.55. The topological polar surface area (TPSA) is 72.2 Å². The Bertz CT molecular complexity index is 1270. The van der Waals surface area contributed by atoms with Crippen LogP contribution in [0.3, 0.4) is 0 Å². The highest BCUT2D eigenvalue weighted by Gasteiger charge is 2.42. The lowest BCUT2D eigenvalue weighted by Gasteiger charge is -2.31. The van der Waals surface area contributed by atoms with Crippen LogP contribution >= 0.6 is 0 Å². The molecule has 178 valence electrons. The molecule has 1 amide bonds. The SMILES string of the molecule is CCCOc1cccc(C2c3c(oc4ccc(F)cc4c3=O)C(=O)N2CCN2CCOCC2)c1. The second kappa shape index (κ2) is 9.56. The van der Waals surface area contributed by atoms with Crippen molar-refractivity contribution in [3.8, 4) is 5.75 Å². The average molecular weight is 467 g/mol. The molecule has 3 aromatic rings. The molecule has 1 saturated heterocycles. The van der Waals surface area contributed by atoms with Gasteiger partial charge >= 0.3 is 0 Å². The minimum Gasteiger partial charge on any atom is -0.494 e. The molecule has 7 nitrogen and oxygen atoms in total. The van der Waals surface area contributed by atoms with Crippen LogP contribution in [-0.4, -0.2) is 61.7 Å². The van der Waals surface area contributed by atoms with Crippen molar-refractivity contribution in [3.63, 3.8) is 0 Å². The van der Waals surface area contributed by atoms with Crippen LogP contribution in [-0.2, 0) is 4.74 Å². The number of morpholine rings is 1. The molecule has 0 N–H and O–H groups in total. The summed E-state index contributed by atoms with van der Waals surface area (Å²) in [5, 5.41) is 0.130. The summed E-state index contributed by atoms with van der Waals surface area (Å²) < 4.78 is 31.1. The van der Waals surface area contributed by atoms with Crippen molar-refractivity contribution in [2.75, 3.05) is 46.0 Å². The summed E-state index contributed by atoms with van der Waals surface area (Å²) in [6, 6.07) is 10.6. The Balaban J connectivity index is 1.59. The summed E-state index contributed by atoms with van der Waals surface area (Å²) in [5.74, 6) is -0.170. The molecule has 0 saturated carbocycles. The monoisotopic (exact) mass is 466 g/mol. The van der Waals surface area contributed by atoms with Crippen LogP contribution in [0.25, 0.3) is 11.0 Å². The zero-order chi connectivity index (χ0) is 23.7. The smallest absolute Gasteiger partial charge is 0.290 e. The first kappa shape index (κ1) is 22.6. The van der Waals surface area contributed by atoms with E-state index in [1.165, 1.54) is 18.2 Å². The molecule has 2 aliphatic heterocycles. The number of amides is 1. The molecule has 1 fully saturated rings. The van der Waals surface area contributed by atoms with Gasteiger partial charge in [-0.2, -0.15) is 0 Å². The molecule has 0 bridgehead atoms. The Kier molecular flexibility index (Phi) is 6.34. The molecule has 1 unspecified atom stereocenters. The van der Waals surface area contributed by atoms with Crippen LogP contribution in [0.4, 0.5) is 4.39 Å². The lowest BCUT2D eigenvalue weighted by Crippen LogP contribution is -2.42. The highest BCUT2D eigenvalue weighted by atomic mass is 19.1. The van der Waals surface area contributed by atoms with Gasteiger partial charge in [0.25, 0.3) is 5.91 Å². The van der Waals surface area contributed by atoms with Gasteiger partial charge in [0.15, 0.2) is 5.43 Å². The van der Waals surface area contributed by atoms with Crippen molar-refractivity contribution in [2.24, 2.45) is 0 Å². The molecule has 0 radical (unpaired) electrons. The zero-order valence-corrected chi connectivity index (χ0v) is 19.1. The zero-order valence-electron chi connectivity index (χ0n) is 19.1. The molecular formula is C26H27FN2O5. The Morgan fingerprint density at radius 3 is 2.71 bits per heavy atom. The molecule has 1 aromatic heterocycles. The van der Waals surface area contributed by atoms with Gasteiger partial charge < -0.3 is 18.8 Å². The van der Waals surface area contributed by atoms with Crippen LogP contribution in [0, 0.1) is 5.82 Å². The summed E-state index contributed by atoms with van der Waals surface area (Å²) in [7, 11) is 0. The number of hydrogen-bond acceptors (Lipinski definition) is 6. The Morgan fingerprint density at radius 2 is 1.91 bits per heavy atom. The van der Waals surface area contributed by atoms with Crippen molar-refractivity contribution in [1.82, 2.24) is 9.80 Å². The maximum atomic E-state index is 13.9. The maximum absolute atomic E-state index is 13.9. The molecule has 2 aliphatic rings. The second-order valence-electron chi connectivity index (χ2n) is 8.59. The third-order valence-electron chi connectivity index (χ3n) is 6.34. The fraction of sp³-hybridized carbons (Fsp3) is 0.385. The molecule has 8 heteroatoms. The quantitative estimate of drug-likeness (QED) is 0.530. The predicted molar refractivity (Wildman–Crippen MR) is 125 cm³/mol. The van der Waals surface area contributed by atoms with E-state index in [1.54, 1.807) is 4.90 Å². The van der Waals surface area contributed by atoms with E-state index in [1.807, 2.05) is 31.2 Å². The first-order valence-electron chi connectivity index (χ1n) is 11.7. The molecule has 34 heavy (non-hydrogen) atoms. The number of carbonyl (C=O) groups is 1. The van der Waals surface area contributed by atoms with Gasteiger partial charge in [-0.15, -0.1) is 0 Å². The van der Waals surface area contributed by atoms with Crippen molar-refractivity contribution in [1.29, 1.82) is 0 Å². The number of carbonyl (C=O) groups excluding carboxylic acids is 1. The van der Waals surface area contributed by atoms with Crippen molar-refractivity contribution in [3.05, 3.63) is 75.4 Å². The molecule has 0 spiro atoms. The summed E-state index contributed by atoms with van der Waals surface area (Å²) in [5.41, 5.74) is 0.818. The van der Waals surface area contributed by atoms with E-state index in [9.17, 15) is 14.0 Å². The van der Waals surface area contributed by atoms with Gasteiger partial charge in [0.1, 0.15) is 17.1 Å². The van der Waals surface area contributed by atoms with Gasteiger partial charge in [0, 0.05) is 26.2 Å². The fourth-order valence-electron chi connectivity index (χ4n) is 4.64. The first-order chi connectivity index (χ1) is 16.6. The number of rotatable bonds is 7. The van der Waals surface area contributed by atoms with Gasteiger partial charge in [-0.3, -0.25) is 14.5 Å². The number of halogens is 1. The maximum Gasteiger partial charge on any atom is 0.290 e. The second-order valence-corrected chi connectivity index (χ2v) is 8.59. The van der Waals surface area contributed by atoms with Crippen molar-refractivity contribution >= 4 is 16.9 Å². The Labute approximate surface area is 196 Å². The highest BCUT2D eigenvalue weighted by Crippen LogP contribution is 2.39. The molecule has 0 aliphatic carbocycles. The van der Waals surface area contributed by atoms with Gasteiger partial charge in [-0.25, -0.2) is 4.39 Å². The Morgan fingerprint density at radius 1 is 1.09 bits per heavy atom. The van der Waals surface area contributed by atoms with Gasteiger partial charge in [-0.1, -0.05) is 19.1 Å². The third kappa shape index (κ3) is 4.19. The molecule has 3 heterocycles. The number of ether oxygens (including phenoxy) is 2. The third-order valence-corrected chi connectivity index (χ3v) is 6.34. The van der Waals surface area contributed by atoms with Gasteiger partial charge in [0.05, 0.1) is 36.8 Å². The van der Waals surface area contributed by atoms with E-state index in [2.05, 4.69) is 4.90 Å². The van der Waals surface area contributed by atoms with E-state index in [4.69, 9.17) is 13.9 Å². The first-order valence-corrected chi connectivity index (χ1v) is 11.7. The average Bonchev–Trinajstić information content (AvgIpc) is 3.14. The van der Waals surface area contributed by atoms with Crippen molar-refractivity contribution in [2.45, 2.75) is 19.4 Å². The fourth-order valence-corrected chi connectivity index (χ4v) is 4.64. The molecule has 2 aromatic carbocycles. The van der Waals surface area contributed by atoms with E-state index in [0.717, 1.165) is 25.1 Å². The van der Waals surface area contributed by atoms with E-state index < -0.39 is 11.9 Å². The van der Waals surface area contributed by atoms with E-state index in [0.29, 0.717) is 38.7 Å². The number of benzene rings is 2. The standard InChI is InChI=1S/C26H27FN2O5/c1-2-12-33-19-5-3-4-17(15-19)23-22-24(30)20-16-18(27)6-7-21(20)34-25(22)26(31)29(23)9-8-28-10-13-32-14-11-28/h3-7,15-16,23H,2,8-14H2,1H3. The van der Waals surface area contributed by atoms with Gasteiger partial charge in [-0.05, 0) is 42.3 Å². The lowest BCUT2D eigenvalue weighted by molar-refractivity contribution is 0.0314. The minimum atomic E-state index is -0.641. The number of nitrogens with zero attached hydrogens (tertiary/aromatic N) is 2. The lowest BCUT2D eigenvalue weighted by atomic mass is 9.98. The minimum absolute atomic E-state index is 0.0240. The molecule has 5 rings (SSSR count). The van der Waals surface area contributed by atoms with Crippen LogP contribution in [0.15, 0.2) is 51.7 Å². The predicted octanol–water partition coefficient (Wildman–Crippen LogP) is 3.60. The molecule has 1 atom stereocenters. The summed E-state index contributed by atoms with van der Waals surface area (Å²) >= 11 is 0. The summed E-state index contributed by atoms with van der Waals surface area (Å²) in [4.78, 5) is 31.0. The summed E-state index contributed by atoms with van der Waals surface area (Å²) in [6.07, 6.45) is 0.863. The normalized spacial score (nSPS) is 18.5. The van der Waals surface area contributed by atoms with Crippen molar-refractivity contribution < 1.29 is 23.1 Å². The van der Waals surface area contributed by atoms with E-state index >= 15 is 0 Å². The van der Waals surface area contributed by atoms with Crippen LogP contribution in [0.1, 0.15) is 41.1 Å². The van der Waals surface area contributed by atoms with E-state index in [-0.39, 0.29) is 33.6 Å². The number of fused-ring (bicyclic) bond motifs is 2. The van der Waals surface area contributed by atoms with Gasteiger partial charge in [0.2, 0.25) is 5.76 Å². The highest BCUT2D eigenvalue weighted by molar-refractivity contribution is 5.99. The largest absolute Gasteiger partial charge is 0.494 e. The molecular weight excluding hydrogens is 439 g/mol.